The highest BCUT2D eigenvalue weighted by molar-refractivity contribution is 4.79. The monoisotopic (exact) mass is 200 g/mol. The van der Waals surface area contributed by atoms with E-state index in [4.69, 9.17) is 4.74 Å². The molecule has 0 aromatic carbocycles. The van der Waals surface area contributed by atoms with Gasteiger partial charge in [-0.25, -0.2) is 0 Å². The highest BCUT2D eigenvalue weighted by atomic mass is 16.5. The summed E-state index contributed by atoms with van der Waals surface area (Å²) >= 11 is 0. The Morgan fingerprint density at radius 3 is 3.07 bits per heavy atom. The van der Waals surface area contributed by atoms with Crippen molar-refractivity contribution in [1.82, 2.24) is 10.6 Å². The van der Waals surface area contributed by atoms with Gasteiger partial charge in [0, 0.05) is 26.2 Å². The van der Waals surface area contributed by atoms with Crippen LogP contribution in [0, 0.1) is 5.92 Å². The van der Waals surface area contributed by atoms with Gasteiger partial charge in [0.05, 0.1) is 6.61 Å². The van der Waals surface area contributed by atoms with Crippen molar-refractivity contribution in [2.24, 2.45) is 5.92 Å². The highest BCUT2D eigenvalue weighted by Gasteiger charge is 2.19. The summed E-state index contributed by atoms with van der Waals surface area (Å²) in [5, 5.41) is 6.97. The molecule has 0 aromatic heterocycles. The summed E-state index contributed by atoms with van der Waals surface area (Å²) in [5.41, 5.74) is 0. The summed E-state index contributed by atoms with van der Waals surface area (Å²) in [6.07, 6.45) is 4.01. The van der Waals surface area contributed by atoms with Gasteiger partial charge in [-0.1, -0.05) is 13.3 Å². The Kier molecular flexibility index (Phi) is 6.15. The summed E-state index contributed by atoms with van der Waals surface area (Å²) < 4.78 is 4.99. The van der Waals surface area contributed by atoms with Crippen LogP contribution < -0.4 is 10.6 Å². The summed E-state index contributed by atoms with van der Waals surface area (Å²) in [4.78, 5) is 0. The van der Waals surface area contributed by atoms with Crippen LogP contribution in [0.3, 0.4) is 0 Å². The number of methoxy groups -OCH3 is 1. The minimum absolute atomic E-state index is 0.672. The van der Waals surface area contributed by atoms with Gasteiger partial charge in [0.1, 0.15) is 0 Å². The van der Waals surface area contributed by atoms with Gasteiger partial charge in [-0.05, 0) is 25.3 Å². The second-order valence-electron chi connectivity index (χ2n) is 4.15. The van der Waals surface area contributed by atoms with Crippen molar-refractivity contribution in [3.8, 4) is 0 Å². The van der Waals surface area contributed by atoms with Crippen LogP contribution in [0.4, 0.5) is 0 Å². The summed E-state index contributed by atoms with van der Waals surface area (Å²) in [6, 6.07) is 0.672. The molecule has 0 radical (unpaired) electrons. The molecule has 1 heterocycles. The smallest absolute Gasteiger partial charge is 0.0587 e. The van der Waals surface area contributed by atoms with Crippen molar-refractivity contribution in [2.75, 3.05) is 33.4 Å². The van der Waals surface area contributed by atoms with E-state index in [9.17, 15) is 0 Å². The number of ether oxygens (including phenoxy) is 1. The fraction of sp³-hybridized carbons (Fsp3) is 1.00. The minimum atomic E-state index is 0.672. The summed E-state index contributed by atoms with van der Waals surface area (Å²) in [5.74, 6) is 0.936. The number of nitrogens with one attached hydrogen (secondary N) is 2. The minimum Gasteiger partial charge on any atom is -0.383 e. The van der Waals surface area contributed by atoms with Gasteiger partial charge in [0.2, 0.25) is 0 Å². The number of hydrogen-bond acceptors (Lipinski definition) is 3. The third-order valence-electron chi connectivity index (χ3n) is 3.05. The lowest BCUT2D eigenvalue weighted by molar-refractivity contribution is 0.196. The van der Waals surface area contributed by atoms with E-state index in [0.717, 1.165) is 25.6 Å². The molecule has 0 amide bonds. The molecule has 2 unspecified atom stereocenters. The number of piperidine rings is 1. The van der Waals surface area contributed by atoms with Gasteiger partial charge in [-0.15, -0.1) is 0 Å². The van der Waals surface area contributed by atoms with E-state index < -0.39 is 0 Å². The van der Waals surface area contributed by atoms with Crippen molar-refractivity contribution in [1.29, 1.82) is 0 Å². The third kappa shape index (κ3) is 4.40. The van der Waals surface area contributed by atoms with E-state index >= 15 is 0 Å². The van der Waals surface area contributed by atoms with Crippen LogP contribution in [0.5, 0.6) is 0 Å². The molecule has 2 atom stereocenters. The van der Waals surface area contributed by atoms with Crippen molar-refractivity contribution in [3.63, 3.8) is 0 Å². The lowest BCUT2D eigenvalue weighted by Gasteiger charge is -2.29. The second kappa shape index (κ2) is 7.21. The first-order chi connectivity index (χ1) is 6.86. The fourth-order valence-electron chi connectivity index (χ4n) is 2.07. The Hall–Kier alpha value is -0.120. The van der Waals surface area contributed by atoms with Crippen molar-refractivity contribution in [2.45, 2.75) is 32.2 Å². The summed E-state index contributed by atoms with van der Waals surface area (Å²) in [6.45, 7) is 6.34. The third-order valence-corrected chi connectivity index (χ3v) is 3.05. The van der Waals surface area contributed by atoms with Crippen LogP contribution >= 0.6 is 0 Å². The Morgan fingerprint density at radius 1 is 1.50 bits per heavy atom. The van der Waals surface area contributed by atoms with Crippen LogP contribution in [0.15, 0.2) is 0 Å². The molecular formula is C11H24N2O. The Morgan fingerprint density at radius 2 is 2.36 bits per heavy atom. The van der Waals surface area contributed by atoms with Crippen LogP contribution in [-0.4, -0.2) is 39.4 Å². The standard InChI is InChI=1S/C11H24N2O/c1-3-10-4-5-13-11(8-10)9-12-6-7-14-2/h10-13H,3-9H2,1-2H3. The molecule has 1 aliphatic heterocycles. The van der Waals surface area contributed by atoms with E-state index in [0.29, 0.717) is 6.04 Å². The fourth-order valence-corrected chi connectivity index (χ4v) is 2.07. The predicted octanol–water partition coefficient (Wildman–Crippen LogP) is 1.00. The van der Waals surface area contributed by atoms with E-state index in [1.807, 2.05) is 0 Å². The first kappa shape index (κ1) is 12.0. The maximum absolute atomic E-state index is 4.99. The summed E-state index contributed by atoms with van der Waals surface area (Å²) in [7, 11) is 1.74. The van der Waals surface area contributed by atoms with E-state index in [1.54, 1.807) is 7.11 Å². The zero-order valence-corrected chi connectivity index (χ0v) is 9.51. The zero-order chi connectivity index (χ0) is 10.2. The predicted molar refractivity (Wildman–Crippen MR) is 59.6 cm³/mol. The molecule has 3 heteroatoms. The molecule has 1 saturated heterocycles. The molecule has 0 spiro atoms. The number of hydrogen-bond donors (Lipinski definition) is 2. The van der Waals surface area contributed by atoms with E-state index in [2.05, 4.69) is 17.6 Å². The maximum atomic E-state index is 4.99. The van der Waals surface area contributed by atoms with Crippen LogP contribution in [0.2, 0.25) is 0 Å². The van der Waals surface area contributed by atoms with Crippen molar-refractivity contribution < 1.29 is 4.74 Å². The van der Waals surface area contributed by atoms with Crippen LogP contribution in [-0.2, 0) is 4.74 Å². The van der Waals surface area contributed by atoms with Crippen LogP contribution in [0.1, 0.15) is 26.2 Å². The molecule has 0 aliphatic carbocycles. The topological polar surface area (TPSA) is 33.3 Å². The lowest BCUT2D eigenvalue weighted by atomic mass is 9.90. The highest BCUT2D eigenvalue weighted by Crippen LogP contribution is 2.18. The molecule has 3 nitrogen and oxygen atoms in total. The van der Waals surface area contributed by atoms with Gasteiger partial charge in [-0.3, -0.25) is 0 Å². The first-order valence-corrected chi connectivity index (χ1v) is 5.79. The SMILES string of the molecule is CCC1CCNC(CNCCOC)C1. The molecule has 0 bridgehead atoms. The molecular weight excluding hydrogens is 176 g/mol. The largest absolute Gasteiger partial charge is 0.383 e. The average Bonchev–Trinajstić information content (AvgIpc) is 2.25. The Bertz CT molecular complexity index is 141. The zero-order valence-electron chi connectivity index (χ0n) is 9.51. The molecule has 2 N–H and O–H groups in total. The molecule has 1 rings (SSSR count). The molecule has 84 valence electrons. The lowest BCUT2D eigenvalue weighted by Crippen LogP contribution is -2.44. The second-order valence-corrected chi connectivity index (χ2v) is 4.15. The maximum Gasteiger partial charge on any atom is 0.0587 e. The molecule has 14 heavy (non-hydrogen) atoms. The molecule has 0 aromatic rings. The van der Waals surface area contributed by atoms with Crippen LogP contribution in [0.25, 0.3) is 0 Å². The Balaban J connectivity index is 2.05. The van der Waals surface area contributed by atoms with Gasteiger partial charge < -0.3 is 15.4 Å². The molecule has 0 saturated carbocycles. The normalized spacial score (nSPS) is 27.9. The van der Waals surface area contributed by atoms with Crippen molar-refractivity contribution in [3.05, 3.63) is 0 Å². The van der Waals surface area contributed by atoms with E-state index in [1.165, 1.54) is 25.8 Å². The van der Waals surface area contributed by atoms with Gasteiger partial charge in [-0.2, -0.15) is 0 Å². The Labute approximate surface area is 87.6 Å². The van der Waals surface area contributed by atoms with Gasteiger partial charge >= 0.3 is 0 Å². The average molecular weight is 200 g/mol. The van der Waals surface area contributed by atoms with Crippen molar-refractivity contribution >= 4 is 0 Å². The van der Waals surface area contributed by atoms with E-state index in [-0.39, 0.29) is 0 Å². The van der Waals surface area contributed by atoms with Gasteiger partial charge in [0.15, 0.2) is 0 Å². The first-order valence-electron chi connectivity index (χ1n) is 5.79. The van der Waals surface area contributed by atoms with Gasteiger partial charge in [0.25, 0.3) is 0 Å². The molecule has 1 fully saturated rings. The quantitative estimate of drug-likeness (QED) is 0.628. The molecule has 1 aliphatic rings. The number of rotatable bonds is 6.